The van der Waals surface area contributed by atoms with Gasteiger partial charge in [0.05, 0.1) is 0 Å². The van der Waals surface area contributed by atoms with Crippen LogP contribution in [0.1, 0.15) is 1.43 Å². The van der Waals surface area contributed by atoms with Crippen molar-refractivity contribution in [3.05, 3.63) is 0 Å². The molecule has 0 nitrogen and oxygen atoms in total. The third-order valence-electron chi connectivity index (χ3n) is 0. The quantitative estimate of drug-likeness (QED) is 0.355. The van der Waals surface area contributed by atoms with E-state index in [0.717, 1.165) is 0 Å². The predicted octanol–water partition coefficient (Wildman–Crippen LogP) is -3.76. The van der Waals surface area contributed by atoms with Gasteiger partial charge in [0, 0.05) is 0 Å². The first-order chi connectivity index (χ1) is 0. The van der Waals surface area contributed by atoms with Gasteiger partial charge in [-0.05, 0) is 0 Å². The number of hydrogen-bond donors (Lipinski definition) is 0. The zero-order chi connectivity index (χ0) is 0. The summed E-state index contributed by atoms with van der Waals surface area (Å²) in [5, 5.41) is 0. The first kappa shape index (κ1) is 32.0. The number of halogens is 2. The SMILES string of the molecule is F.F.[AlH3].[Cs+].[H-]. The second kappa shape index (κ2) is 18.0. The first-order valence-corrected chi connectivity index (χ1v) is 0. The van der Waals surface area contributed by atoms with Crippen LogP contribution in [0.15, 0.2) is 0 Å². The van der Waals surface area contributed by atoms with Crippen LogP contribution in [0, 0.1) is 0 Å². The van der Waals surface area contributed by atoms with E-state index < -0.39 is 0 Å². The smallest absolute Gasteiger partial charge is 1.00 e. The summed E-state index contributed by atoms with van der Waals surface area (Å²) in [6.07, 6.45) is 0. The van der Waals surface area contributed by atoms with E-state index in [1.807, 2.05) is 0 Å². The topological polar surface area (TPSA) is 0 Å². The van der Waals surface area contributed by atoms with Crippen LogP contribution in [0.5, 0.6) is 0 Å². The molecule has 24 valence electrons. The van der Waals surface area contributed by atoms with Crippen LogP contribution < -0.4 is 68.9 Å². The van der Waals surface area contributed by atoms with Crippen LogP contribution >= 0.6 is 0 Å². The fourth-order valence-corrected chi connectivity index (χ4v) is 0. The first-order valence-electron chi connectivity index (χ1n) is 0. The van der Waals surface area contributed by atoms with Gasteiger partial charge in [-0.15, -0.1) is 0 Å². The Hall–Kier alpha value is 2.44. The van der Waals surface area contributed by atoms with Gasteiger partial charge in [0.25, 0.3) is 0 Å². The summed E-state index contributed by atoms with van der Waals surface area (Å²) in [7, 11) is 0. The molecule has 0 aliphatic carbocycles. The Morgan fingerprint density at radius 3 is 1.00 bits per heavy atom. The monoisotopic (exact) mass is 204 g/mol. The van der Waals surface area contributed by atoms with Crippen LogP contribution in [0.25, 0.3) is 0 Å². The maximum atomic E-state index is 0. The van der Waals surface area contributed by atoms with Gasteiger partial charge in [0.15, 0.2) is 17.4 Å². The molecule has 0 saturated carbocycles. The van der Waals surface area contributed by atoms with Gasteiger partial charge in [-0.1, -0.05) is 0 Å². The Kier molecular flexibility index (Phi) is 144. The van der Waals surface area contributed by atoms with Crippen molar-refractivity contribution in [2.24, 2.45) is 0 Å². The summed E-state index contributed by atoms with van der Waals surface area (Å²) in [6, 6.07) is 0. The van der Waals surface area contributed by atoms with E-state index in [-0.39, 0.29) is 97.1 Å². The molecule has 0 saturated heterocycles. The molecule has 0 amide bonds. The van der Waals surface area contributed by atoms with Crippen LogP contribution in [0.4, 0.5) is 9.41 Å². The van der Waals surface area contributed by atoms with Crippen LogP contribution in [-0.2, 0) is 0 Å². The number of rotatable bonds is 0. The Labute approximate surface area is 94.5 Å². The fraction of sp³-hybridized carbons (Fsp3) is 0. The van der Waals surface area contributed by atoms with Crippen LogP contribution in [-0.4, -0.2) is 17.4 Å². The summed E-state index contributed by atoms with van der Waals surface area (Å²) in [5.74, 6) is 0. The minimum atomic E-state index is 0. The van der Waals surface area contributed by atoms with E-state index >= 15 is 0 Å². The van der Waals surface area contributed by atoms with E-state index in [1.165, 1.54) is 0 Å². The maximum absolute atomic E-state index is 0. The summed E-state index contributed by atoms with van der Waals surface area (Å²) in [5.41, 5.74) is 0. The van der Waals surface area contributed by atoms with Crippen molar-refractivity contribution in [3.8, 4) is 0 Å². The van der Waals surface area contributed by atoms with Gasteiger partial charge in [-0.2, -0.15) is 0 Å². The van der Waals surface area contributed by atoms with Gasteiger partial charge in [-0.25, -0.2) is 0 Å². The minimum absolute atomic E-state index is 0. The second-order valence-corrected chi connectivity index (χ2v) is 0. The van der Waals surface area contributed by atoms with Gasteiger partial charge < -0.3 is 1.43 Å². The van der Waals surface area contributed by atoms with Crippen molar-refractivity contribution in [2.45, 2.75) is 0 Å². The van der Waals surface area contributed by atoms with E-state index in [4.69, 9.17) is 0 Å². The normalized spacial score (nSPS) is 0. The van der Waals surface area contributed by atoms with E-state index in [2.05, 4.69) is 0 Å². The van der Waals surface area contributed by atoms with Crippen molar-refractivity contribution in [1.82, 2.24) is 0 Å². The Bertz CT molecular complexity index is 9.61. The molecule has 0 aromatic carbocycles. The molecule has 4 heteroatoms. The Morgan fingerprint density at radius 2 is 1.00 bits per heavy atom. The van der Waals surface area contributed by atoms with Gasteiger partial charge in [-0.3, -0.25) is 9.41 Å². The van der Waals surface area contributed by atoms with Crippen LogP contribution in [0.2, 0.25) is 0 Å². The van der Waals surface area contributed by atoms with Crippen molar-refractivity contribution in [3.63, 3.8) is 0 Å². The third kappa shape index (κ3) is 8.82. The molecular formula is H6AlCsF2. The Morgan fingerprint density at radius 1 is 1.00 bits per heavy atom. The zero-order valence-electron chi connectivity index (χ0n) is 2.82. The fourth-order valence-electron chi connectivity index (χ4n) is 0. The molecular weight excluding hydrogens is 198 g/mol. The van der Waals surface area contributed by atoms with Crippen molar-refractivity contribution in [1.29, 1.82) is 0 Å². The maximum Gasteiger partial charge on any atom is 1.00 e. The average molecular weight is 204 g/mol. The standard InChI is InChI=1S/Al.Cs.2FH.4H/h;;2*1H;;;;/q;+1;;;;;;-1. The molecule has 0 spiro atoms. The molecule has 0 atom stereocenters. The van der Waals surface area contributed by atoms with Crippen molar-refractivity contribution >= 4 is 17.4 Å². The molecule has 4 heavy (non-hydrogen) atoms. The summed E-state index contributed by atoms with van der Waals surface area (Å²) >= 11 is 0. The zero-order valence-corrected chi connectivity index (χ0v) is 8.10. The van der Waals surface area contributed by atoms with E-state index in [0.29, 0.717) is 0 Å². The molecule has 0 aromatic rings. The molecule has 0 unspecified atom stereocenters. The molecule has 0 aromatic heterocycles. The summed E-state index contributed by atoms with van der Waals surface area (Å²) < 4.78 is 0. The Balaban J connectivity index is 0. The van der Waals surface area contributed by atoms with E-state index in [1.54, 1.807) is 0 Å². The van der Waals surface area contributed by atoms with Crippen LogP contribution in [0.3, 0.4) is 0 Å². The van der Waals surface area contributed by atoms with Gasteiger partial charge in [0.1, 0.15) is 0 Å². The van der Waals surface area contributed by atoms with Gasteiger partial charge >= 0.3 is 68.9 Å². The summed E-state index contributed by atoms with van der Waals surface area (Å²) in [4.78, 5) is 0. The largest absolute Gasteiger partial charge is 1.00 e. The molecule has 0 heterocycles. The predicted molar refractivity (Wildman–Crippen MR) is 16.1 cm³/mol. The minimum Gasteiger partial charge on any atom is -1.00 e. The molecule has 0 N–H and O–H groups in total. The molecule has 0 fully saturated rings. The molecule has 0 radical (unpaired) electrons. The average Bonchev–Trinajstić information content (AvgIpc) is 0. The number of hydrogen-bond acceptors (Lipinski definition) is 0. The van der Waals surface area contributed by atoms with Gasteiger partial charge in [0.2, 0.25) is 0 Å². The molecule has 0 aliphatic rings. The molecule has 0 rings (SSSR count). The molecule has 0 aliphatic heterocycles. The van der Waals surface area contributed by atoms with Crippen molar-refractivity contribution < 1.29 is 79.7 Å². The third-order valence-corrected chi connectivity index (χ3v) is 0. The molecule has 0 bridgehead atoms. The van der Waals surface area contributed by atoms with E-state index in [9.17, 15) is 0 Å². The summed E-state index contributed by atoms with van der Waals surface area (Å²) in [6.45, 7) is 0. The van der Waals surface area contributed by atoms with Crippen molar-refractivity contribution in [2.75, 3.05) is 0 Å². The second-order valence-electron chi connectivity index (χ2n) is 0.